The molecule has 0 atom stereocenters. The smallest absolute Gasteiger partial charge is 0.243 e. The van der Waals surface area contributed by atoms with Crippen LogP contribution in [-0.4, -0.2) is 63.9 Å². The number of piperazine rings is 1. The zero-order chi connectivity index (χ0) is 24.2. The molecule has 0 saturated carbocycles. The zero-order valence-corrected chi connectivity index (χ0v) is 20.9. The molecule has 1 aliphatic heterocycles. The van der Waals surface area contributed by atoms with Crippen molar-refractivity contribution in [1.29, 1.82) is 0 Å². The Morgan fingerprint density at radius 1 is 0.909 bits per heavy atom. The summed E-state index contributed by atoms with van der Waals surface area (Å²) in [5.41, 5.74) is 2.01. The number of amides is 1. The molecule has 0 bridgehead atoms. The Morgan fingerprint density at radius 3 is 1.94 bits per heavy atom. The summed E-state index contributed by atoms with van der Waals surface area (Å²) < 4.78 is 38.1. The number of sulfonamides is 1. The van der Waals surface area contributed by atoms with Crippen LogP contribution in [0, 0.1) is 0 Å². The number of carbonyl (C=O) groups excluding carboxylic acids is 1. The Labute approximate surface area is 197 Å². The molecule has 0 spiro atoms. The molecule has 33 heavy (non-hydrogen) atoms. The Kier molecular flexibility index (Phi) is 7.69. The molecule has 1 amide bonds. The van der Waals surface area contributed by atoms with Gasteiger partial charge in [-0.05, 0) is 47.2 Å². The van der Waals surface area contributed by atoms with Gasteiger partial charge in [0.05, 0.1) is 19.1 Å². The van der Waals surface area contributed by atoms with Gasteiger partial charge in [-0.1, -0.05) is 32.9 Å². The maximum Gasteiger partial charge on any atom is 0.243 e. The van der Waals surface area contributed by atoms with Crippen LogP contribution in [0.2, 0.25) is 0 Å². The first-order valence-corrected chi connectivity index (χ1v) is 12.6. The van der Waals surface area contributed by atoms with Crippen LogP contribution in [0.25, 0.3) is 0 Å². The maximum absolute atomic E-state index is 13.1. The molecule has 180 valence electrons. The minimum absolute atomic E-state index is 0.0170. The predicted octanol–water partition coefficient (Wildman–Crippen LogP) is 3.47. The third kappa shape index (κ3) is 6.06. The van der Waals surface area contributed by atoms with Crippen molar-refractivity contribution in [3.63, 3.8) is 0 Å². The Bertz CT molecular complexity index is 1040. The number of hydrogen-bond donors (Lipinski definition) is 0. The van der Waals surface area contributed by atoms with Crippen molar-refractivity contribution in [1.82, 2.24) is 9.21 Å². The lowest BCUT2D eigenvalue weighted by Crippen LogP contribution is -2.50. The lowest BCUT2D eigenvalue weighted by atomic mass is 9.87. The van der Waals surface area contributed by atoms with E-state index in [2.05, 4.69) is 20.8 Å². The highest BCUT2D eigenvalue weighted by atomic mass is 32.2. The molecule has 0 radical (unpaired) electrons. The van der Waals surface area contributed by atoms with Crippen LogP contribution in [0.3, 0.4) is 0 Å². The van der Waals surface area contributed by atoms with Crippen molar-refractivity contribution in [3.05, 3.63) is 53.6 Å². The van der Waals surface area contributed by atoms with Gasteiger partial charge < -0.3 is 14.4 Å². The molecule has 0 unspecified atom stereocenters. The van der Waals surface area contributed by atoms with E-state index in [9.17, 15) is 13.2 Å². The Morgan fingerprint density at radius 2 is 1.45 bits per heavy atom. The number of methoxy groups -OCH3 is 2. The quantitative estimate of drug-likeness (QED) is 0.614. The van der Waals surface area contributed by atoms with Gasteiger partial charge in [-0.25, -0.2) is 8.42 Å². The molecular weight excluding hydrogens is 440 g/mol. The van der Waals surface area contributed by atoms with E-state index in [0.29, 0.717) is 55.4 Å². The number of rotatable bonds is 7. The second-order valence-corrected chi connectivity index (χ2v) is 11.2. The summed E-state index contributed by atoms with van der Waals surface area (Å²) in [5.74, 6) is 1.39. The fourth-order valence-electron chi connectivity index (χ4n) is 3.87. The number of carbonyl (C=O) groups is 1. The van der Waals surface area contributed by atoms with E-state index < -0.39 is 10.0 Å². The highest BCUT2D eigenvalue weighted by Crippen LogP contribution is 2.26. The fourth-order valence-corrected chi connectivity index (χ4v) is 5.30. The lowest BCUT2D eigenvalue weighted by Gasteiger charge is -2.34. The van der Waals surface area contributed by atoms with E-state index >= 15 is 0 Å². The monoisotopic (exact) mass is 474 g/mol. The molecule has 0 aromatic heterocycles. The van der Waals surface area contributed by atoms with Crippen molar-refractivity contribution in [2.45, 2.75) is 43.9 Å². The number of ether oxygens (including phenoxy) is 2. The van der Waals surface area contributed by atoms with Gasteiger partial charge in [0.2, 0.25) is 15.9 Å². The van der Waals surface area contributed by atoms with Crippen LogP contribution in [0.4, 0.5) is 0 Å². The first kappa shape index (κ1) is 25.1. The SMILES string of the molecule is COc1cc(CCC(=O)N2CCN(S(=O)(=O)c3ccc(C(C)(C)C)cc3)CC2)cc(OC)c1. The largest absolute Gasteiger partial charge is 0.497 e. The molecule has 3 rings (SSSR count). The summed E-state index contributed by atoms with van der Waals surface area (Å²) in [6.07, 6.45) is 0.905. The predicted molar refractivity (Wildman–Crippen MR) is 128 cm³/mol. The van der Waals surface area contributed by atoms with Crippen LogP contribution in [0.15, 0.2) is 47.4 Å². The summed E-state index contributed by atoms with van der Waals surface area (Å²) >= 11 is 0. The molecule has 0 aliphatic carbocycles. The van der Waals surface area contributed by atoms with Gasteiger partial charge in [-0.3, -0.25) is 4.79 Å². The van der Waals surface area contributed by atoms with E-state index in [-0.39, 0.29) is 11.3 Å². The molecule has 1 saturated heterocycles. The van der Waals surface area contributed by atoms with Crippen LogP contribution in [0.1, 0.15) is 38.3 Å². The van der Waals surface area contributed by atoms with Crippen LogP contribution >= 0.6 is 0 Å². The summed E-state index contributed by atoms with van der Waals surface area (Å²) in [7, 11) is -0.390. The first-order valence-electron chi connectivity index (χ1n) is 11.1. The number of benzene rings is 2. The third-order valence-electron chi connectivity index (χ3n) is 5.99. The molecule has 1 fully saturated rings. The van der Waals surface area contributed by atoms with Gasteiger partial charge in [0.25, 0.3) is 0 Å². The van der Waals surface area contributed by atoms with Crippen LogP contribution in [-0.2, 0) is 26.7 Å². The topological polar surface area (TPSA) is 76.2 Å². The fraction of sp³-hybridized carbons (Fsp3) is 0.480. The van der Waals surface area contributed by atoms with E-state index in [0.717, 1.165) is 11.1 Å². The van der Waals surface area contributed by atoms with Crippen LogP contribution in [0.5, 0.6) is 11.5 Å². The van der Waals surface area contributed by atoms with Crippen LogP contribution < -0.4 is 9.47 Å². The molecular formula is C25H34N2O5S. The van der Waals surface area contributed by atoms with Crippen molar-refractivity contribution in [2.24, 2.45) is 0 Å². The van der Waals surface area contributed by atoms with E-state index in [1.54, 1.807) is 37.3 Å². The molecule has 8 heteroatoms. The van der Waals surface area contributed by atoms with Gasteiger partial charge in [0, 0.05) is 38.7 Å². The van der Waals surface area contributed by atoms with Gasteiger partial charge >= 0.3 is 0 Å². The number of aryl methyl sites for hydroxylation is 1. The molecule has 2 aromatic rings. The van der Waals surface area contributed by atoms with Crippen molar-refractivity contribution in [2.75, 3.05) is 40.4 Å². The highest BCUT2D eigenvalue weighted by molar-refractivity contribution is 7.89. The van der Waals surface area contributed by atoms with E-state index in [4.69, 9.17) is 9.47 Å². The Hall–Kier alpha value is -2.58. The molecule has 1 aliphatic rings. The average Bonchev–Trinajstić information content (AvgIpc) is 2.81. The second-order valence-electron chi connectivity index (χ2n) is 9.28. The second kappa shape index (κ2) is 10.1. The summed E-state index contributed by atoms with van der Waals surface area (Å²) in [5, 5.41) is 0. The third-order valence-corrected chi connectivity index (χ3v) is 7.90. The lowest BCUT2D eigenvalue weighted by molar-refractivity contribution is -0.132. The molecule has 2 aromatic carbocycles. The van der Waals surface area contributed by atoms with Crippen molar-refractivity contribution >= 4 is 15.9 Å². The van der Waals surface area contributed by atoms with Gasteiger partial charge in [-0.15, -0.1) is 0 Å². The van der Waals surface area contributed by atoms with Crippen molar-refractivity contribution in [3.8, 4) is 11.5 Å². The summed E-state index contributed by atoms with van der Waals surface area (Å²) in [4.78, 5) is 14.8. The van der Waals surface area contributed by atoms with Gasteiger partial charge in [0.15, 0.2) is 0 Å². The first-order chi connectivity index (χ1) is 15.5. The Balaban J connectivity index is 1.57. The number of hydrogen-bond acceptors (Lipinski definition) is 5. The minimum Gasteiger partial charge on any atom is -0.497 e. The molecule has 7 nitrogen and oxygen atoms in total. The minimum atomic E-state index is -3.58. The molecule has 1 heterocycles. The zero-order valence-electron chi connectivity index (χ0n) is 20.1. The van der Waals surface area contributed by atoms with Crippen molar-refractivity contribution < 1.29 is 22.7 Å². The summed E-state index contributed by atoms with van der Waals surface area (Å²) in [6, 6.07) is 12.7. The average molecular weight is 475 g/mol. The molecule has 0 N–H and O–H groups in total. The van der Waals surface area contributed by atoms with Gasteiger partial charge in [0.1, 0.15) is 11.5 Å². The normalized spacial score (nSPS) is 15.4. The highest BCUT2D eigenvalue weighted by Gasteiger charge is 2.30. The van der Waals surface area contributed by atoms with Gasteiger partial charge in [-0.2, -0.15) is 4.31 Å². The number of nitrogens with zero attached hydrogens (tertiary/aromatic N) is 2. The van der Waals surface area contributed by atoms with E-state index in [1.165, 1.54) is 4.31 Å². The standard InChI is InChI=1S/C25H34N2O5S/c1-25(2,3)20-7-9-23(10-8-20)33(29,30)27-14-12-26(13-15-27)24(28)11-6-19-16-21(31-4)18-22(17-19)32-5/h7-10,16-18H,6,11-15H2,1-5H3. The summed E-state index contributed by atoms with van der Waals surface area (Å²) in [6.45, 7) is 7.65. The maximum atomic E-state index is 13.1. The van der Waals surface area contributed by atoms with E-state index in [1.807, 2.05) is 24.3 Å².